The van der Waals surface area contributed by atoms with E-state index in [9.17, 15) is 31.1 Å². The fourth-order valence-electron chi connectivity index (χ4n) is 1.23. The molecule has 1 aromatic heterocycles. The first-order valence-electron chi connectivity index (χ1n) is 4.62. The lowest BCUT2D eigenvalue weighted by Crippen LogP contribution is -2.22. The van der Waals surface area contributed by atoms with Crippen LogP contribution in [0.2, 0.25) is 0 Å². The van der Waals surface area contributed by atoms with Crippen LogP contribution in [0.3, 0.4) is 0 Å². The highest BCUT2D eigenvalue weighted by Gasteiger charge is 2.42. The van der Waals surface area contributed by atoms with Crippen LogP contribution in [0.1, 0.15) is 21.7 Å². The third-order valence-corrected chi connectivity index (χ3v) is 2.17. The molecule has 0 saturated heterocycles. The molecule has 0 unspecified atom stereocenters. The summed E-state index contributed by atoms with van der Waals surface area (Å²) in [5.74, 6) is -4.26. The van der Waals surface area contributed by atoms with E-state index in [4.69, 9.17) is 16.7 Å². The predicted molar refractivity (Wildman–Crippen MR) is 52.4 cm³/mol. The molecule has 0 fully saturated rings. The van der Waals surface area contributed by atoms with Gasteiger partial charge in [-0.15, -0.1) is 24.8 Å². The molecule has 0 aliphatic rings. The van der Waals surface area contributed by atoms with Gasteiger partial charge in [-0.25, -0.2) is 9.78 Å². The Morgan fingerprint density at radius 1 is 1.30 bits per heavy atom. The number of hydrogen-bond acceptors (Lipinski definition) is 3. The number of aromatic carboxylic acids is 1. The van der Waals surface area contributed by atoms with E-state index in [2.05, 4.69) is 9.72 Å². The van der Waals surface area contributed by atoms with Crippen LogP contribution in [0, 0.1) is 0 Å². The van der Waals surface area contributed by atoms with E-state index in [0.717, 1.165) is 0 Å². The molecule has 0 atom stereocenters. The van der Waals surface area contributed by atoms with Gasteiger partial charge >= 0.3 is 18.5 Å². The number of hydrogen-bond donors (Lipinski definition) is 1. The van der Waals surface area contributed by atoms with Crippen molar-refractivity contribution in [3.05, 3.63) is 23.0 Å². The molecule has 0 aromatic carbocycles. The maximum absolute atomic E-state index is 12.6. The van der Waals surface area contributed by atoms with Crippen molar-refractivity contribution in [1.82, 2.24) is 4.98 Å². The summed E-state index contributed by atoms with van der Waals surface area (Å²) in [5.41, 5.74) is -3.64. The van der Waals surface area contributed by atoms with Crippen LogP contribution in [0.25, 0.3) is 0 Å². The highest BCUT2D eigenvalue weighted by molar-refractivity contribution is 6.17. The van der Waals surface area contributed by atoms with Crippen molar-refractivity contribution in [3.63, 3.8) is 0 Å². The average Bonchev–Trinajstić information content (AvgIpc) is 2.24. The van der Waals surface area contributed by atoms with Gasteiger partial charge in [-0.05, 0) is 6.07 Å². The fraction of sp³-hybridized carbons (Fsp3) is 0.333. The van der Waals surface area contributed by atoms with Crippen LogP contribution in [0.4, 0.5) is 26.3 Å². The number of carbonyl (C=O) groups is 1. The molecule has 0 aliphatic heterocycles. The summed E-state index contributed by atoms with van der Waals surface area (Å²) in [4.78, 5) is 13.5. The molecule has 1 rings (SSSR count). The molecular formula is C9H4ClF6NO3. The lowest BCUT2D eigenvalue weighted by molar-refractivity contribution is -0.276. The minimum Gasteiger partial charge on any atom is -0.478 e. The van der Waals surface area contributed by atoms with Gasteiger partial charge in [-0.1, -0.05) is 0 Å². The van der Waals surface area contributed by atoms with Crippen LogP contribution in [-0.2, 0) is 12.1 Å². The molecule has 0 saturated carbocycles. The zero-order valence-electron chi connectivity index (χ0n) is 9.14. The van der Waals surface area contributed by atoms with Gasteiger partial charge in [0.05, 0.1) is 17.1 Å². The van der Waals surface area contributed by atoms with Gasteiger partial charge < -0.3 is 9.84 Å². The second-order valence-electron chi connectivity index (χ2n) is 3.31. The molecule has 11 heteroatoms. The first kappa shape index (κ1) is 16.3. The SMILES string of the molecule is O=C(O)c1cc(OC(F)(F)F)c(C(F)(F)F)nc1CCl. The van der Waals surface area contributed by atoms with Gasteiger partial charge in [0, 0.05) is 0 Å². The van der Waals surface area contributed by atoms with Crippen molar-refractivity contribution in [2.75, 3.05) is 0 Å². The lowest BCUT2D eigenvalue weighted by atomic mass is 10.1. The number of carboxylic acids is 1. The van der Waals surface area contributed by atoms with E-state index in [1.54, 1.807) is 0 Å². The number of halogens is 7. The number of pyridine rings is 1. The van der Waals surface area contributed by atoms with E-state index >= 15 is 0 Å². The summed E-state index contributed by atoms with van der Waals surface area (Å²) in [6.45, 7) is 0. The maximum atomic E-state index is 12.6. The monoisotopic (exact) mass is 323 g/mol. The van der Waals surface area contributed by atoms with E-state index in [1.807, 2.05) is 0 Å². The van der Waals surface area contributed by atoms with Crippen LogP contribution < -0.4 is 4.74 Å². The average molecular weight is 324 g/mol. The Labute approximate surface area is 111 Å². The van der Waals surface area contributed by atoms with Crippen molar-refractivity contribution in [2.45, 2.75) is 18.4 Å². The van der Waals surface area contributed by atoms with Gasteiger partial charge in [0.1, 0.15) is 0 Å². The molecule has 1 N–H and O–H groups in total. The number of rotatable bonds is 3. The Kier molecular flexibility index (Phi) is 4.37. The Hall–Kier alpha value is -1.71. The third-order valence-electron chi connectivity index (χ3n) is 1.92. The topological polar surface area (TPSA) is 59.4 Å². The molecule has 0 aliphatic carbocycles. The molecule has 1 aromatic rings. The lowest BCUT2D eigenvalue weighted by Gasteiger charge is -2.16. The third kappa shape index (κ3) is 3.89. The molecule has 0 spiro atoms. The van der Waals surface area contributed by atoms with E-state index in [1.165, 1.54) is 0 Å². The van der Waals surface area contributed by atoms with Gasteiger partial charge in [0.2, 0.25) is 0 Å². The van der Waals surface area contributed by atoms with Crippen molar-refractivity contribution in [2.24, 2.45) is 0 Å². The molecular weight excluding hydrogens is 320 g/mol. The zero-order valence-corrected chi connectivity index (χ0v) is 9.90. The molecule has 0 bridgehead atoms. The van der Waals surface area contributed by atoms with Crippen LogP contribution >= 0.6 is 11.6 Å². The summed E-state index contributed by atoms with van der Waals surface area (Å²) in [5, 5.41) is 8.70. The minimum atomic E-state index is -5.43. The maximum Gasteiger partial charge on any atom is 0.573 e. The minimum absolute atomic E-state index is 0.0867. The van der Waals surface area contributed by atoms with Crippen LogP contribution in [0.5, 0.6) is 5.75 Å². The van der Waals surface area contributed by atoms with E-state index in [0.29, 0.717) is 0 Å². The van der Waals surface area contributed by atoms with Crippen LogP contribution in [0.15, 0.2) is 6.07 Å². The predicted octanol–water partition coefficient (Wildman–Crippen LogP) is 3.44. The Balaban J connectivity index is 3.52. The summed E-state index contributed by atoms with van der Waals surface area (Å²) in [6.07, 6.45) is -10.7. The Morgan fingerprint density at radius 3 is 2.20 bits per heavy atom. The normalized spacial score (nSPS) is 12.3. The first-order valence-corrected chi connectivity index (χ1v) is 5.15. The van der Waals surface area contributed by atoms with Gasteiger partial charge in [0.15, 0.2) is 11.4 Å². The Morgan fingerprint density at radius 2 is 1.85 bits per heavy atom. The molecule has 20 heavy (non-hydrogen) atoms. The number of carboxylic acid groups (broad SMARTS) is 1. The van der Waals surface area contributed by atoms with Crippen molar-refractivity contribution < 1.29 is 41.0 Å². The van der Waals surface area contributed by atoms with Crippen LogP contribution in [-0.4, -0.2) is 22.4 Å². The second-order valence-corrected chi connectivity index (χ2v) is 3.58. The van der Waals surface area contributed by atoms with E-state index < -0.39 is 47.1 Å². The standard InChI is InChI=1S/C9H4ClF6NO3/c10-2-4-3(7(18)19)1-5(20-9(14,15)16)6(17-4)8(11,12)13/h1H,2H2,(H,18,19). The zero-order chi connectivity index (χ0) is 15.7. The number of nitrogens with zero attached hydrogens (tertiary/aromatic N) is 1. The smallest absolute Gasteiger partial charge is 0.478 e. The molecule has 0 radical (unpaired) electrons. The number of ether oxygens (including phenoxy) is 1. The molecule has 112 valence electrons. The highest BCUT2D eigenvalue weighted by atomic mass is 35.5. The largest absolute Gasteiger partial charge is 0.573 e. The van der Waals surface area contributed by atoms with Gasteiger partial charge in [-0.2, -0.15) is 13.2 Å². The Bertz CT molecular complexity index is 528. The van der Waals surface area contributed by atoms with Crippen molar-refractivity contribution >= 4 is 17.6 Å². The molecule has 1 heterocycles. The van der Waals surface area contributed by atoms with Gasteiger partial charge in [0.25, 0.3) is 0 Å². The first-order chi connectivity index (χ1) is 8.95. The highest BCUT2D eigenvalue weighted by Crippen LogP contribution is 2.38. The fourth-order valence-corrected chi connectivity index (χ4v) is 1.43. The number of aromatic nitrogens is 1. The molecule has 0 amide bonds. The van der Waals surface area contributed by atoms with E-state index in [-0.39, 0.29) is 6.07 Å². The van der Waals surface area contributed by atoms with Crippen molar-refractivity contribution in [3.8, 4) is 5.75 Å². The second kappa shape index (κ2) is 5.35. The van der Waals surface area contributed by atoms with Gasteiger partial charge in [-0.3, -0.25) is 0 Å². The number of alkyl halides is 7. The summed E-state index contributed by atoms with van der Waals surface area (Å²) in [7, 11) is 0. The summed E-state index contributed by atoms with van der Waals surface area (Å²) in [6, 6.07) is 0.0867. The summed E-state index contributed by atoms with van der Waals surface area (Å²) >= 11 is 5.23. The quantitative estimate of drug-likeness (QED) is 0.684. The summed E-state index contributed by atoms with van der Waals surface area (Å²) < 4.78 is 77.0. The molecule has 4 nitrogen and oxygen atoms in total. The van der Waals surface area contributed by atoms with Crippen molar-refractivity contribution in [1.29, 1.82) is 0 Å².